The van der Waals surface area contributed by atoms with Gasteiger partial charge in [0.2, 0.25) is 10.0 Å². The second-order valence-corrected chi connectivity index (χ2v) is 11.4. The van der Waals surface area contributed by atoms with Crippen molar-refractivity contribution in [1.29, 1.82) is 0 Å². The molecule has 3 aromatic heterocycles. The van der Waals surface area contributed by atoms with E-state index in [9.17, 15) is 8.42 Å². The summed E-state index contributed by atoms with van der Waals surface area (Å²) in [5.74, 6) is 0.821. The monoisotopic (exact) mass is 538 g/mol. The molecule has 1 aromatic carbocycles. The van der Waals surface area contributed by atoms with Gasteiger partial charge in [0.15, 0.2) is 5.65 Å². The van der Waals surface area contributed by atoms with Crippen LogP contribution in [-0.4, -0.2) is 53.2 Å². The van der Waals surface area contributed by atoms with Gasteiger partial charge >= 0.3 is 0 Å². The molecule has 0 saturated carbocycles. The van der Waals surface area contributed by atoms with Gasteiger partial charge in [-0.1, -0.05) is 22.0 Å². The van der Waals surface area contributed by atoms with Crippen LogP contribution in [0.2, 0.25) is 0 Å². The van der Waals surface area contributed by atoms with Gasteiger partial charge in [-0.05, 0) is 54.2 Å². The van der Waals surface area contributed by atoms with Crippen LogP contribution in [0, 0.1) is 0 Å². The topological polar surface area (TPSA) is 92.5 Å². The fourth-order valence-electron chi connectivity index (χ4n) is 4.28. The Labute approximate surface area is 208 Å². The van der Waals surface area contributed by atoms with E-state index in [1.165, 1.54) is 0 Å². The molecule has 0 amide bonds. The predicted octanol–water partition coefficient (Wildman–Crippen LogP) is 2.33. The molecule has 1 N–H and O–H groups in total. The molecule has 4 aromatic rings. The Balaban J connectivity index is 1.44. The predicted molar refractivity (Wildman–Crippen MR) is 138 cm³/mol. The number of benzene rings is 1. The third kappa shape index (κ3) is 4.60. The second kappa shape index (κ2) is 9.48. The first-order chi connectivity index (χ1) is 16.4. The van der Waals surface area contributed by atoms with Crippen molar-refractivity contribution in [2.24, 2.45) is 0 Å². The Kier molecular flexibility index (Phi) is 6.41. The van der Waals surface area contributed by atoms with Gasteiger partial charge in [-0.15, -0.1) is 0 Å². The van der Waals surface area contributed by atoms with Crippen LogP contribution < -0.4 is 10.8 Å². The average Bonchev–Trinajstić information content (AvgIpc) is 3.24. The molecular formula is C23H24BBrN6O2S. The maximum absolute atomic E-state index is 13.3. The van der Waals surface area contributed by atoms with Gasteiger partial charge in [0.05, 0.1) is 10.6 Å². The van der Waals surface area contributed by atoms with Crippen molar-refractivity contribution < 1.29 is 8.42 Å². The third-order valence-corrected chi connectivity index (χ3v) is 8.53. The molecule has 174 valence electrons. The molecule has 4 heterocycles. The van der Waals surface area contributed by atoms with Gasteiger partial charge in [-0.25, -0.2) is 13.4 Å². The molecule has 1 fully saturated rings. The van der Waals surface area contributed by atoms with E-state index in [4.69, 9.17) is 4.98 Å². The lowest BCUT2D eigenvalue weighted by Crippen LogP contribution is -2.39. The summed E-state index contributed by atoms with van der Waals surface area (Å²) in [6.45, 7) is 1.51. The number of fused-ring (bicyclic) bond motifs is 1. The van der Waals surface area contributed by atoms with Crippen molar-refractivity contribution in [2.45, 2.75) is 30.2 Å². The van der Waals surface area contributed by atoms with E-state index in [2.05, 4.69) is 31.3 Å². The van der Waals surface area contributed by atoms with Crippen molar-refractivity contribution in [1.82, 2.24) is 23.9 Å². The minimum absolute atomic E-state index is 0.00258. The summed E-state index contributed by atoms with van der Waals surface area (Å²) < 4.78 is 30.8. The molecule has 1 atom stereocenters. The fraction of sp³-hybridized carbons (Fsp3) is 0.261. The molecule has 5 rings (SSSR count). The van der Waals surface area contributed by atoms with Gasteiger partial charge in [-0.3, -0.25) is 4.98 Å². The number of halogens is 1. The Morgan fingerprint density at radius 3 is 2.76 bits per heavy atom. The van der Waals surface area contributed by atoms with Crippen LogP contribution in [0.15, 0.2) is 70.4 Å². The number of sulfonamides is 1. The van der Waals surface area contributed by atoms with E-state index in [-0.39, 0.29) is 5.92 Å². The molecular weight excluding hydrogens is 515 g/mol. The van der Waals surface area contributed by atoms with Crippen LogP contribution in [0.1, 0.15) is 30.0 Å². The van der Waals surface area contributed by atoms with Crippen LogP contribution in [0.4, 0.5) is 5.82 Å². The lowest BCUT2D eigenvalue weighted by atomic mass is 9.95. The minimum Gasteiger partial charge on any atom is -0.366 e. The SMILES string of the molecule is Bc1cnn2c(NCc3cccnc3)cc(C3CCCN(S(=O)(=O)c4ccc(Br)cc4)C3)nc12. The number of nitrogens with zero attached hydrogens (tertiary/aromatic N) is 5. The van der Waals surface area contributed by atoms with Crippen molar-refractivity contribution >= 4 is 50.7 Å². The van der Waals surface area contributed by atoms with Crippen molar-refractivity contribution in [3.05, 3.63) is 76.8 Å². The second-order valence-electron chi connectivity index (χ2n) is 8.50. The molecule has 1 aliphatic heterocycles. The smallest absolute Gasteiger partial charge is 0.243 e. The first-order valence-electron chi connectivity index (χ1n) is 11.2. The Morgan fingerprint density at radius 2 is 2.00 bits per heavy atom. The molecule has 34 heavy (non-hydrogen) atoms. The number of hydrogen-bond acceptors (Lipinski definition) is 6. The van der Waals surface area contributed by atoms with Crippen LogP contribution >= 0.6 is 15.9 Å². The molecule has 0 spiro atoms. The van der Waals surface area contributed by atoms with E-state index in [0.717, 1.165) is 45.5 Å². The largest absolute Gasteiger partial charge is 0.366 e. The molecule has 1 aliphatic rings. The van der Waals surface area contributed by atoms with Crippen molar-refractivity contribution in [3.63, 3.8) is 0 Å². The van der Waals surface area contributed by atoms with E-state index >= 15 is 0 Å². The highest BCUT2D eigenvalue weighted by Gasteiger charge is 2.32. The zero-order chi connectivity index (χ0) is 23.7. The van der Waals surface area contributed by atoms with Gasteiger partial charge in [0, 0.05) is 54.7 Å². The maximum atomic E-state index is 13.3. The van der Waals surface area contributed by atoms with Crippen LogP contribution in [0.3, 0.4) is 0 Å². The number of piperidine rings is 1. The number of nitrogens with one attached hydrogen (secondary N) is 1. The highest BCUT2D eigenvalue weighted by Crippen LogP contribution is 2.31. The van der Waals surface area contributed by atoms with Crippen molar-refractivity contribution in [3.8, 4) is 0 Å². The quantitative estimate of drug-likeness (QED) is 0.379. The normalized spacial score (nSPS) is 17.1. The van der Waals surface area contributed by atoms with Crippen LogP contribution in [0.25, 0.3) is 5.65 Å². The zero-order valence-corrected chi connectivity index (χ0v) is 21.1. The Hall–Kier alpha value is -2.76. The standard InChI is InChI=1S/C23H24BBrN6O2S/c24-20-14-28-31-22(27-13-16-3-1-9-26-12-16)11-21(29-23(20)31)17-4-2-10-30(15-17)34(32,33)19-7-5-18(25)6-8-19/h1,3,5-9,11-12,14,17,27H,2,4,10,13,15,24H2. The lowest BCUT2D eigenvalue weighted by Gasteiger charge is -2.32. The first-order valence-corrected chi connectivity index (χ1v) is 13.4. The number of rotatable bonds is 6. The van der Waals surface area contributed by atoms with Gasteiger partial charge in [-0.2, -0.15) is 13.9 Å². The summed E-state index contributed by atoms with van der Waals surface area (Å²) in [7, 11) is -1.59. The van der Waals surface area contributed by atoms with E-state index in [1.54, 1.807) is 45.5 Å². The first kappa shape index (κ1) is 23.0. The van der Waals surface area contributed by atoms with Gasteiger partial charge in [0.25, 0.3) is 0 Å². The van der Waals surface area contributed by atoms with Gasteiger partial charge in [0.1, 0.15) is 13.7 Å². The number of aromatic nitrogens is 4. The molecule has 0 radical (unpaired) electrons. The van der Waals surface area contributed by atoms with Crippen molar-refractivity contribution in [2.75, 3.05) is 18.4 Å². The molecule has 1 unspecified atom stereocenters. The summed E-state index contributed by atoms with van der Waals surface area (Å²) >= 11 is 3.37. The molecule has 1 saturated heterocycles. The highest BCUT2D eigenvalue weighted by molar-refractivity contribution is 9.10. The molecule has 0 bridgehead atoms. The minimum atomic E-state index is -3.57. The summed E-state index contributed by atoms with van der Waals surface area (Å²) in [4.78, 5) is 9.38. The van der Waals surface area contributed by atoms with Crippen LogP contribution in [0.5, 0.6) is 0 Å². The van der Waals surface area contributed by atoms with E-state index in [1.807, 2.05) is 32.2 Å². The molecule has 11 heteroatoms. The van der Waals surface area contributed by atoms with Gasteiger partial charge < -0.3 is 5.32 Å². The lowest BCUT2D eigenvalue weighted by molar-refractivity contribution is 0.313. The Bertz CT molecular complexity index is 1410. The van der Waals surface area contributed by atoms with E-state index < -0.39 is 10.0 Å². The van der Waals surface area contributed by atoms with E-state index in [0.29, 0.717) is 24.5 Å². The van der Waals surface area contributed by atoms with Crippen LogP contribution in [-0.2, 0) is 16.6 Å². The number of hydrogen-bond donors (Lipinski definition) is 1. The average molecular weight is 539 g/mol. The summed E-state index contributed by atoms with van der Waals surface area (Å²) in [6, 6.07) is 12.7. The summed E-state index contributed by atoms with van der Waals surface area (Å²) in [5, 5.41) is 7.94. The number of pyridine rings is 1. The fourth-order valence-corrected chi connectivity index (χ4v) is 6.07. The third-order valence-electron chi connectivity index (χ3n) is 6.12. The number of anilines is 1. The maximum Gasteiger partial charge on any atom is 0.243 e. The molecule has 8 nitrogen and oxygen atoms in total. The zero-order valence-electron chi connectivity index (χ0n) is 18.7. The summed E-state index contributed by atoms with van der Waals surface area (Å²) in [6.07, 6.45) is 7.04. The molecule has 0 aliphatic carbocycles. The Morgan fingerprint density at radius 1 is 1.18 bits per heavy atom. The highest BCUT2D eigenvalue weighted by atomic mass is 79.9. The summed E-state index contributed by atoms with van der Waals surface area (Å²) in [5.41, 5.74) is 3.68.